The van der Waals surface area contributed by atoms with Crippen LogP contribution in [0.3, 0.4) is 0 Å². The molecule has 2 nitrogen and oxygen atoms in total. The van der Waals surface area contributed by atoms with Gasteiger partial charge in [-0.3, -0.25) is 9.97 Å². The molecule has 0 amide bonds. The first kappa shape index (κ1) is 10.7. The van der Waals surface area contributed by atoms with Crippen molar-refractivity contribution in [1.82, 2.24) is 9.97 Å². The summed E-state index contributed by atoms with van der Waals surface area (Å²) in [6.07, 6.45) is 4.47. The van der Waals surface area contributed by atoms with Crippen molar-refractivity contribution in [1.29, 1.82) is 0 Å². The van der Waals surface area contributed by atoms with Crippen LogP contribution >= 0.6 is 0 Å². The van der Waals surface area contributed by atoms with Crippen LogP contribution in [0.2, 0.25) is 0 Å². The smallest absolute Gasteiger partial charge is 0.0890 e. The molecule has 0 aliphatic heterocycles. The van der Waals surface area contributed by atoms with Crippen LogP contribution in [-0.4, -0.2) is 9.97 Å². The van der Waals surface area contributed by atoms with Gasteiger partial charge >= 0.3 is 0 Å². The zero-order chi connectivity index (χ0) is 11.8. The first-order chi connectivity index (χ1) is 8.24. The van der Waals surface area contributed by atoms with Crippen LogP contribution in [-0.2, 0) is 0 Å². The number of hydrogen-bond donors (Lipinski definition) is 0. The van der Waals surface area contributed by atoms with Gasteiger partial charge in [0.05, 0.1) is 11.0 Å². The third kappa shape index (κ3) is 2.17. The molecule has 3 rings (SSSR count). The van der Waals surface area contributed by atoms with Crippen molar-refractivity contribution in [3.8, 4) is 0 Å². The molecular formula is C15H18N2. The largest absolute Gasteiger partial charge is 0.255 e. The van der Waals surface area contributed by atoms with E-state index in [0.717, 1.165) is 22.9 Å². The third-order valence-electron chi connectivity index (χ3n) is 3.55. The second kappa shape index (κ2) is 4.10. The van der Waals surface area contributed by atoms with Gasteiger partial charge in [0, 0.05) is 17.8 Å². The van der Waals surface area contributed by atoms with E-state index in [1.165, 1.54) is 18.5 Å². The summed E-state index contributed by atoms with van der Waals surface area (Å²) in [5, 5.41) is 0. The molecule has 1 aliphatic carbocycles. The van der Waals surface area contributed by atoms with Gasteiger partial charge in [0.25, 0.3) is 0 Å². The van der Waals surface area contributed by atoms with E-state index in [2.05, 4.69) is 31.0 Å². The molecule has 1 aliphatic rings. The molecule has 2 aromatic rings. The van der Waals surface area contributed by atoms with Gasteiger partial charge in [0.2, 0.25) is 0 Å². The van der Waals surface area contributed by atoms with E-state index in [1.807, 2.05) is 18.3 Å². The zero-order valence-corrected chi connectivity index (χ0v) is 10.4. The molecule has 0 radical (unpaired) electrons. The lowest BCUT2D eigenvalue weighted by Crippen LogP contribution is -1.93. The fourth-order valence-electron chi connectivity index (χ4n) is 2.65. The van der Waals surface area contributed by atoms with Gasteiger partial charge in [0.1, 0.15) is 0 Å². The van der Waals surface area contributed by atoms with Crippen molar-refractivity contribution in [2.45, 2.75) is 32.6 Å². The van der Waals surface area contributed by atoms with E-state index >= 15 is 0 Å². The summed E-state index contributed by atoms with van der Waals surface area (Å²) < 4.78 is 0. The molecule has 17 heavy (non-hydrogen) atoms. The molecule has 2 heteroatoms. The Morgan fingerprint density at radius 2 is 2.12 bits per heavy atom. The quantitative estimate of drug-likeness (QED) is 0.796. The molecule has 2 aromatic heterocycles. The summed E-state index contributed by atoms with van der Waals surface area (Å²) in [7, 11) is 0. The second-order valence-electron chi connectivity index (χ2n) is 5.51. The number of rotatable bonds is 3. The van der Waals surface area contributed by atoms with E-state index in [4.69, 9.17) is 4.98 Å². The van der Waals surface area contributed by atoms with Crippen LogP contribution in [0.25, 0.3) is 11.0 Å². The third-order valence-corrected chi connectivity index (χ3v) is 3.55. The highest BCUT2D eigenvalue weighted by Gasteiger charge is 2.39. The van der Waals surface area contributed by atoms with Crippen LogP contribution in [0.4, 0.5) is 0 Å². The van der Waals surface area contributed by atoms with Crippen LogP contribution in [0, 0.1) is 11.8 Å². The standard InChI is InChI=1S/C15H18N2/c1-10(2)8-11-9-12(11)13-5-6-14-15(17-13)4-3-7-16-14/h3-7,10-12H,8-9H2,1-2H3/t11-,12-/m0/s1. The minimum atomic E-state index is 0.696. The highest BCUT2D eigenvalue weighted by atomic mass is 14.8. The maximum absolute atomic E-state index is 4.73. The monoisotopic (exact) mass is 226 g/mol. The van der Waals surface area contributed by atoms with Crippen LogP contribution in [0.1, 0.15) is 38.3 Å². The Morgan fingerprint density at radius 3 is 2.94 bits per heavy atom. The van der Waals surface area contributed by atoms with Crippen LogP contribution in [0.15, 0.2) is 30.5 Å². The van der Waals surface area contributed by atoms with Crippen LogP contribution < -0.4 is 0 Å². The van der Waals surface area contributed by atoms with Crippen molar-refractivity contribution in [2.75, 3.05) is 0 Å². The van der Waals surface area contributed by atoms with Gasteiger partial charge in [-0.1, -0.05) is 13.8 Å². The molecule has 2 heterocycles. The molecule has 0 N–H and O–H groups in total. The van der Waals surface area contributed by atoms with Crippen molar-refractivity contribution >= 4 is 11.0 Å². The maximum Gasteiger partial charge on any atom is 0.0890 e. The van der Waals surface area contributed by atoms with Gasteiger partial charge in [0.15, 0.2) is 0 Å². The second-order valence-corrected chi connectivity index (χ2v) is 5.51. The predicted molar refractivity (Wildman–Crippen MR) is 69.8 cm³/mol. The van der Waals surface area contributed by atoms with E-state index in [9.17, 15) is 0 Å². The number of fused-ring (bicyclic) bond motifs is 1. The van der Waals surface area contributed by atoms with Crippen molar-refractivity contribution in [3.05, 3.63) is 36.2 Å². The molecular weight excluding hydrogens is 208 g/mol. The number of aromatic nitrogens is 2. The molecule has 0 spiro atoms. The summed E-state index contributed by atoms with van der Waals surface area (Å²) in [6, 6.07) is 8.26. The van der Waals surface area contributed by atoms with E-state index in [-0.39, 0.29) is 0 Å². The first-order valence-electron chi connectivity index (χ1n) is 6.45. The van der Waals surface area contributed by atoms with Crippen molar-refractivity contribution < 1.29 is 0 Å². The first-order valence-corrected chi connectivity index (χ1v) is 6.45. The van der Waals surface area contributed by atoms with Gasteiger partial charge in [-0.25, -0.2) is 0 Å². The van der Waals surface area contributed by atoms with Gasteiger partial charge in [-0.2, -0.15) is 0 Å². The molecule has 0 aromatic carbocycles. The Morgan fingerprint density at radius 1 is 1.24 bits per heavy atom. The molecule has 0 bridgehead atoms. The van der Waals surface area contributed by atoms with Gasteiger partial charge in [-0.15, -0.1) is 0 Å². The summed E-state index contributed by atoms with van der Waals surface area (Å²) >= 11 is 0. The lowest BCUT2D eigenvalue weighted by molar-refractivity contribution is 0.531. The topological polar surface area (TPSA) is 25.8 Å². The number of nitrogens with zero attached hydrogens (tertiary/aromatic N) is 2. The molecule has 2 atom stereocenters. The minimum absolute atomic E-state index is 0.696. The lowest BCUT2D eigenvalue weighted by atomic mass is 10.0. The number of hydrogen-bond acceptors (Lipinski definition) is 2. The minimum Gasteiger partial charge on any atom is -0.255 e. The molecule has 0 saturated heterocycles. The number of pyridine rings is 2. The highest BCUT2D eigenvalue weighted by Crippen LogP contribution is 2.50. The Kier molecular flexibility index (Phi) is 2.58. The lowest BCUT2D eigenvalue weighted by Gasteiger charge is -2.04. The Balaban J connectivity index is 1.83. The zero-order valence-electron chi connectivity index (χ0n) is 10.4. The summed E-state index contributed by atoms with van der Waals surface area (Å²) in [5.41, 5.74) is 3.29. The highest BCUT2D eigenvalue weighted by molar-refractivity contribution is 5.73. The SMILES string of the molecule is CC(C)C[C@H]1C[C@@H]1c1ccc2ncccc2n1. The average Bonchev–Trinajstić information content (AvgIpc) is 3.07. The van der Waals surface area contributed by atoms with Gasteiger partial charge in [-0.05, 0) is 48.9 Å². The Hall–Kier alpha value is -1.44. The Labute approximate surface area is 102 Å². The van der Waals surface area contributed by atoms with E-state index in [0.29, 0.717) is 5.92 Å². The van der Waals surface area contributed by atoms with Gasteiger partial charge < -0.3 is 0 Å². The van der Waals surface area contributed by atoms with Crippen LogP contribution in [0.5, 0.6) is 0 Å². The molecule has 88 valence electrons. The normalized spacial score (nSPS) is 23.2. The summed E-state index contributed by atoms with van der Waals surface area (Å²) in [5.74, 6) is 2.35. The predicted octanol–water partition coefficient (Wildman–Crippen LogP) is 3.78. The summed E-state index contributed by atoms with van der Waals surface area (Å²) in [6.45, 7) is 4.60. The maximum atomic E-state index is 4.73. The van der Waals surface area contributed by atoms with Crippen molar-refractivity contribution in [3.63, 3.8) is 0 Å². The average molecular weight is 226 g/mol. The summed E-state index contributed by atoms with van der Waals surface area (Å²) in [4.78, 5) is 9.04. The van der Waals surface area contributed by atoms with Crippen molar-refractivity contribution in [2.24, 2.45) is 11.8 Å². The fraction of sp³-hybridized carbons (Fsp3) is 0.467. The molecule has 1 saturated carbocycles. The molecule has 0 unspecified atom stereocenters. The molecule has 1 fully saturated rings. The Bertz CT molecular complexity index is 533. The van der Waals surface area contributed by atoms with E-state index in [1.54, 1.807) is 0 Å². The fourth-order valence-corrected chi connectivity index (χ4v) is 2.65. The van der Waals surface area contributed by atoms with E-state index < -0.39 is 0 Å².